The number of amides is 1. The fraction of sp³-hybridized carbons (Fsp3) is 0.429. The number of hydrogen-bond donors (Lipinski definition) is 1. The van der Waals surface area contributed by atoms with Gasteiger partial charge in [0.15, 0.2) is 0 Å². The number of halogens is 1. The van der Waals surface area contributed by atoms with Gasteiger partial charge in [0.25, 0.3) is 0 Å². The quantitative estimate of drug-likeness (QED) is 0.884. The smallest absolute Gasteiger partial charge is 0.305 e. The molecule has 0 radical (unpaired) electrons. The molecule has 0 bridgehead atoms. The molecule has 1 amide bonds. The third-order valence-corrected chi connectivity index (χ3v) is 3.44. The van der Waals surface area contributed by atoms with Gasteiger partial charge >= 0.3 is 5.97 Å². The molecule has 4 nitrogen and oxygen atoms in total. The van der Waals surface area contributed by atoms with Crippen LogP contribution in [0.1, 0.15) is 24.3 Å². The van der Waals surface area contributed by atoms with Crippen molar-refractivity contribution in [3.05, 3.63) is 35.6 Å². The molecule has 102 valence electrons. The van der Waals surface area contributed by atoms with Gasteiger partial charge in [0.2, 0.25) is 5.91 Å². The lowest BCUT2D eigenvalue weighted by atomic mass is 10.1. The minimum atomic E-state index is -0.912. The topological polar surface area (TPSA) is 57.6 Å². The fourth-order valence-corrected chi connectivity index (χ4v) is 2.20. The van der Waals surface area contributed by atoms with E-state index in [2.05, 4.69) is 0 Å². The van der Waals surface area contributed by atoms with Gasteiger partial charge in [0.1, 0.15) is 5.82 Å². The van der Waals surface area contributed by atoms with Crippen molar-refractivity contribution >= 4 is 11.9 Å². The minimum Gasteiger partial charge on any atom is -0.481 e. The number of carboxylic acids is 1. The fourth-order valence-electron chi connectivity index (χ4n) is 2.20. The lowest BCUT2D eigenvalue weighted by Gasteiger charge is -2.15. The highest BCUT2D eigenvalue weighted by Gasteiger charge is 2.45. The number of hydrogen-bond acceptors (Lipinski definition) is 2. The maximum Gasteiger partial charge on any atom is 0.305 e. The van der Waals surface area contributed by atoms with E-state index < -0.39 is 5.97 Å². The second-order valence-electron chi connectivity index (χ2n) is 4.90. The van der Waals surface area contributed by atoms with E-state index >= 15 is 0 Å². The van der Waals surface area contributed by atoms with E-state index in [1.807, 2.05) is 0 Å². The molecule has 1 aliphatic carbocycles. The zero-order valence-corrected chi connectivity index (χ0v) is 10.7. The van der Waals surface area contributed by atoms with Crippen LogP contribution in [0.3, 0.4) is 0 Å². The number of benzene rings is 1. The number of carbonyl (C=O) groups excluding carboxylic acids is 1. The van der Waals surface area contributed by atoms with Crippen molar-refractivity contribution in [2.24, 2.45) is 5.92 Å². The summed E-state index contributed by atoms with van der Waals surface area (Å²) in [5.74, 6) is -1.18. The minimum absolute atomic E-state index is 0.0319. The molecule has 2 atom stereocenters. The van der Waals surface area contributed by atoms with Crippen LogP contribution in [-0.4, -0.2) is 35.5 Å². The Hall–Kier alpha value is -1.91. The second-order valence-corrected chi connectivity index (χ2v) is 4.90. The highest BCUT2D eigenvalue weighted by Crippen LogP contribution is 2.48. The first-order valence-electron chi connectivity index (χ1n) is 6.21. The largest absolute Gasteiger partial charge is 0.481 e. The van der Waals surface area contributed by atoms with E-state index in [1.165, 1.54) is 17.0 Å². The molecule has 5 heteroatoms. The molecular formula is C14H16FNO3. The van der Waals surface area contributed by atoms with Crippen LogP contribution in [0, 0.1) is 11.7 Å². The summed E-state index contributed by atoms with van der Waals surface area (Å²) in [5.41, 5.74) is 0.964. The van der Waals surface area contributed by atoms with Crippen molar-refractivity contribution in [2.75, 3.05) is 13.6 Å². The van der Waals surface area contributed by atoms with Gasteiger partial charge in [-0.1, -0.05) is 12.1 Å². The zero-order valence-electron chi connectivity index (χ0n) is 10.7. The van der Waals surface area contributed by atoms with Crippen LogP contribution < -0.4 is 0 Å². The standard InChI is InChI=1S/C14H16FNO3/c1-16(7-6-13(17)18)14(19)12-8-11(12)9-2-4-10(15)5-3-9/h2-5,11-12H,6-8H2,1H3,(H,17,18). The first-order chi connectivity index (χ1) is 8.99. The van der Waals surface area contributed by atoms with Gasteiger partial charge in [-0.05, 0) is 30.0 Å². The summed E-state index contributed by atoms with van der Waals surface area (Å²) < 4.78 is 12.8. The van der Waals surface area contributed by atoms with E-state index in [0.717, 1.165) is 12.0 Å². The Morgan fingerprint density at radius 2 is 2.00 bits per heavy atom. The molecule has 2 unspecified atom stereocenters. The summed E-state index contributed by atoms with van der Waals surface area (Å²) in [5, 5.41) is 8.58. The van der Waals surface area contributed by atoms with Crippen molar-refractivity contribution in [3.8, 4) is 0 Å². The predicted molar refractivity (Wildman–Crippen MR) is 67.1 cm³/mol. The van der Waals surface area contributed by atoms with Crippen molar-refractivity contribution in [3.63, 3.8) is 0 Å². The van der Waals surface area contributed by atoms with Gasteiger partial charge in [-0.25, -0.2) is 4.39 Å². The second kappa shape index (κ2) is 5.38. The van der Waals surface area contributed by atoms with Gasteiger partial charge in [-0.3, -0.25) is 9.59 Å². The van der Waals surface area contributed by atoms with Gasteiger partial charge in [-0.15, -0.1) is 0 Å². The predicted octanol–water partition coefficient (Wildman–Crippen LogP) is 1.86. The van der Waals surface area contributed by atoms with Gasteiger partial charge in [0.05, 0.1) is 6.42 Å². The number of rotatable bonds is 5. The molecule has 1 aromatic rings. The van der Waals surface area contributed by atoms with Crippen molar-refractivity contribution < 1.29 is 19.1 Å². The lowest BCUT2D eigenvalue weighted by molar-refractivity contribution is -0.138. The third kappa shape index (κ3) is 3.30. The maximum absolute atomic E-state index is 12.8. The Bertz CT molecular complexity index is 486. The molecule has 0 spiro atoms. The zero-order chi connectivity index (χ0) is 14.0. The normalized spacial score (nSPS) is 20.9. The van der Waals surface area contributed by atoms with Gasteiger partial charge in [-0.2, -0.15) is 0 Å². The molecular weight excluding hydrogens is 249 g/mol. The highest BCUT2D eigenvalue weighted by atomic mass is 19.1. The van der Waals surface area contributed by atoms with Crippen LogP contribution in [0.15, 0.2) is 24.3 Å². The number of aliphatic carboxylic acids is 1. The number of carboxylic acid groups (broad SMARTS) is 1. The molecule has 19 heavy (non-hydrogen) atoms. The van der Waals surface area contributed by atoms with Crippen molar-refractivity contribution in [1.82, 2.24) is 4.90 Å². The summed E-state index contributed by atoms with van der Waals surface area (Å²) in [6.45, 7) is 0.223. The Balaban J connectivity index is 1.89. The highest BCUT2D eigenvalue weighted by molar-refractivity contribution is 5.83. The molecule has 0 heterocycles. The maximum atomic E-state index is 12.8. The molecule has 1 aliphatic rings. The van der Waals surface area contributed by atoms with Crippen LogP contribution in [0.25, 0.3) is 0 Å². The molecule has 1 N–H and O–H groups in total. The average molecular weight is 265 g/mol. The van der Waals surface area contributed by atoms with Crippen LogP contribution in [0.2, 0.25) is 0 Å². The first kappa shape index (κ1) is 13.5. The summed E-state index contributed by atoms with van der Waals surface area (Å²) in [4.78, 5) is 23.9. The van der Waals surface area contributed by atoms with Gasteiger partial charge < -0.3 is 10.0 Å². The summed E-state index contributed by atoms with van der Waals surface area (Å²) in [6.07, 6.45) is 0.706. The van der Waals surface area contributed by atoms with Crippen molar-refractivity contribution in [1.29, 1.82) is 0 Å². The Morgan fingerprint density at radius 1 is 1.37 bits per heavy atom. The monoisotopic (exact) mass is 265 g/mol. The first-order valence-corrected chi connectivity index (χ1v) is 6.21. The number of carbonyl (C=O) groups is 2. The van der Waals surface area contributed by atoms with Crippen LogP contribution in [0.5, 0.6) is 0 Å². The van der Waals surface area contributed by atoms with Crippen molar-refractivity contribution in [2.45, 2.75) is 18.8 Å². The van der Waals surface area contributed by atoms with Crippen LogP contribution in [-0.2, 0) is 9.59 Å². The van der Waals surface area contributed by atoms with Crippen LogP contribution in [0.4, 0.5) is 4.39 Å². The number of nitrogens with zero attached hydrogens (tertiary/aromatic N) is 1. The SMILES string of the molecule is CN(CCC(=O)O)C(=O)C1CC1c1ccc(F)cc1. The lowest BCUT2D eigenvalue weighted by Crippen LogP contribution is -2.30. The van der Waals surface area contributed by atoms with E-state index in [4.69, 9.17) is 5.11 Å². The van der Waals surface area contributed by atoms with E-state index in [0.29, 0.717) is 0 Å². The van der Waals surface area contributed by atoms with Gasteiger partial charge in [0, 0.05) is 19.5 Å². The molecule has 2 rings (SSSR count). The molecule has 1 fully saturated rings. The van der Waals surface area contributed by atoms with E-state index in [1.54, 1.807) is 19.2 Å². The summed E-state index contributed by atoms with van der Waals surface area (Å²) >= 11 is 0. The van der Waals surface area contributed by atoms with E-state index in [9.17, 15) is 14.0 Å². The summed E-state index contributed by atoms with van der Waals surface area (Å²) in [7, 11) is 1.62. The van der Waals surface area contributed by atoms with E-state index in [-0.39, 0.29) is 36.5 Å². The molecule has 0 saturated heterocycles. The summed E-state index contributed by atoms with van der Waals surface area (Å²) in [6, 6.07) is 6.18. The Labute approximate surface area is 110 Å². The molecule has 1 saturated carbocycles. The Morgan fingerprint density at radius 3 is 2.58 bits per heavy atom. The molecule has 1 aromatic carbocycles. The Kier molecular flexibility index (Phi) is 3.83. The molecule has 0 aliphatic heterocycles. The molecule has 0 aromatic heterocycles. The average Bonchev–Trinajstić information content (AvgIpc) is 3.16. The third-order valence-electron chi connectivity index (χ3n) is 3.44. The van der Waals surface area contributed by atoms with Crippen LogP contribution >= 0.6 is 0 Å².